The molecule has 1 N–H and O–H groups in total. The summed E-state index contributed by atoms with van der Waals surface area (Å²) in [6, 6.07) is 1.94. The lowest BCUT2D eigenvalue weighted by molar-refractivity contribution is 0.647. The quantitative estimate of drug-likeness (QED) is 0.560. The molecule has 1 heterocycles. The minimum atomic E-state index is 0.501. The summed E-state index contributed by atoms with van der Waals surface area (Å²) in [5, 5.41) is 4.04. The number of rotatable bonds is 8. The molecule has 0 aliphatic rings. The molecule has 0 bridgehead atoms. The van der Waals surface area contributed by atoms with Crippen LogP contribution in [0, 0.1) is 5.92 Å². The first-order chi connectivity index (χ1) is 11.5. The molecule has 0 aromatic carbocycles. The fourth-order valence-corrected chi connectivity index (χ4v) is 2.62. The van der Waals surface area contributed by atoms with Gasteiger partial charge in [-0.3, -0.25) is 4.98 Å². The summed E-state index contributed by atoms with van der Waals surface area (Å²) in [7, 11) is 0. The van der Waals surface area contributed by atoms with E-state index in [2.05, 4.69) is 36.8 Å². The van der Waals surface area contributed by atoms with Crippen LogP contribution in [0.25, 0.3) is 5.70 Å². The maximum Gasteiger partial charge on any atom is 0.0682 e. The fraction of sp³-hybridized carbons (Fsp3) is 0.286. The second-order valence-corrected chi connectivity index (χ2v) is 6.22. The summed E-state index contributed by atoms with van der Waals surface area (Å²) >= 11 is 6.42. The number of pyridine rings is 1. The number of aromatic nitrogens is 1. The Morgan fingerprint density at radius 2 is 2.08 bits per heavy atom. The van der Waals surface area contributed by atoms with Gasteiger partial charge in [0.1, 0.15) is 0 Å². The number of allylic oxidation sites excluding steroid dienone is 7. The first kappa shape index (κ1) is 20.0. The number of nitrogens with zero attached hydrogens (tertiary/aromatic N) is 1. The molecule has 3 heteroatoms. The van der Waals surface area contributed by atoms with Crippen molar-refractivity contribution in [2.75, 3.05) is 0 Å². The van der Waals surface area contributed by atoms with Crippen molar-refractivity contribution in [3.05, 3.63) is 83.4 Å². The minimum absolute atomic E-state index is 0.501. The lowest BCUT2D eigenvalue weighted by Crippen LogP contribution is -2.11. The van der Waals surface area contributed by atoms with Gasteiger partial charge in [-0.15, -0.1) is 0 Å². The van der Waals surface area contributed by atoms with E-state index < -0.39 is 0 Å². The van der Waals surface area contributed by atoms with Gasteiger partial charge in [0.05, 0.1) is 10.7 Å². The Bertz CT molecular complexity index is 664. The standard InChI is InChI=1S/C21H27ClN2/c1-6-9-17(10-7-2)19(14-16(4)5)21(24-12-8-3)18-11-13-23-15-20(18)22/h6-13,15-16,24H,1,14H2,2-5H3/b10-7-,12-8+,17-9+,21-19+. The number of hydrogen-bond donors (Lipinski definition) is 1. The summed E-state index contributed by atoms with van der Waals surface area (Å²) < 4.78 is 0. The van der Waals surface area contributed by atoms with Crippen molar-refractivity contribution in [3.63, 3.8) is 0 Å². The average Bonchev–Trinajstić information content (AvgIpc) is 2.55. The minimum Gasteiger partial charge on any atom is -0.361 e. The van der Waals surface area contributed by atoms with Crippen molar-refractivity contribution in [1.82, 2.24) is 10.3 Å². The number of halogens is 1. The van der Waals surface area contributed by atoms with Crippen molar-refractivity contribution in [3.8, 4) is 0 Å². The fourth-order valence-electron chi connectivity index (χ4n) is 2.41. The molecule has 0 amide bonds. The van der Waals surface area contributed by atoms with Gasteiger partial charge in [0.2, 0.25) is 0 Å². The third-order valence-corrected chi connectivity index (χ3v) is 3.64. The van der Waals surface area contributed by atoms with E-state index in [1.54, 1.807) is 12.4 Å². The van der Waals surface area contributed by atoms with Crippen LogP contribution in [-0.4, -0.2) is 4.98 Å². The van der Waals surface area contributed by atoms with E-state index in [1.807, 2.05) is 50.4 Å². The molecular formula is C21H27ClN2. The Kier molecular flexibility index (Phi) is 8.88. The van der Waals surface area contributed by atoms with Crippen LogP contribution in [0.2, 0.25) is 5.02 Å². The Morgan fingerprint density at radius 1 is 1.33 bits per heavy atom. The Morgan fingerprint density at radius 3 is 2.62 bits per heavy atom. The van der Waals surface area contributed by atoms with Crippen molar-refractivity contribution in [2.45, 2.75) is 34.1 Å². The van der Waals surface area contributed by atoms with Gasteiger partial charge in [0.15, 0.2) is 0 Å². The highest BCUT2D eigenvalue weighted by Gasteiger charge is 2.15. The number of nitrogens with one attached hydrogen (secondary N) is 1. The van der Waals surface area contributed by atoms with Gasteiger partial charge in [0.25, 0.3) is 0 Å². The van der Waals surface area contributed by atoms with Crippen LogP contribution in [0.15, 0.2) is 72.8 Å². The molecule has 2 nitrogen and oxygen atoms in total. The second kappa shape index (κ2) is 10.7. The monoisotopic (exact) mass is 342 g/mol. The van der Waals surface area contributed by atoms with Gasteiger partial charge in [0, 0.05) is 18.0 Å². The van der Waals surface area contributed by atoms with Crippen molar-refractivity contribution in [1.29, 1.82) is 0 Å². The smallest absolute Gasteiger partial charge is 0.0682 e. The Hall–Kier alpha value is -2.06. The van der Waals surface area contributed by atoms with Gasteiger partial charge >= 0.3 is 0 Å². The molecule has 1 aromatic rings. The van der Waals surface area contributed by atoms with Crippen molar-refractivity contribution in [2.24, 2.45) is 5.92 Å². The molecule has 0 aliphatic heterocycles. The maximum absolute atomic E-state index is 6.42. The molecule has 0 aliphatic carbocycles. The molecule has 0 atom stereocenters. The van der Waals surface area contributed by atoms with E-state index in [0.29, 0.717) is 10.9 Å². The molecule has 0 unspecified atom stereocenters. The van der Waals surface area contributed by atoms with E-state index >= 15 is 0 Å². The van der Waals surface area contributed by atoms with Crippen LogP contribution in [-0.2, 0) is 0 Å². The summed E-state index contributed by atoms with van der Waals surface area (Å²) in [6.45, 7) is 12.3. The highest BCUT2D eigenvalue weighted by molar-refractivity contribution is 6.32. The molecular weight excluding hydrogens is 316 g/mol. The largest absolute Gasteiger partial charge is 0.361 e. The van der Waals surface area contributed by atoms with E-state index in [-0.39, 0.29) is 0 Å². The zero-order valence-corrected chi connectivity index (χ0v) is 15.8. The molecule has 0 spiro atoms. The van der Waals surface area contributed by atoms with Gasteiger partial charge in [-0.05, 0) is 49.6 Å². The van der Waals surface area contributed by atoms with E-state index in [1.165, 1.54) is 5.57 Å². The zero-order chi connectivity index (χ0) is 17.9. The average molecular weight is 343 g/mol. The van der Waals surface area contributed by atoms with Crippen LogP contribution in [0.1, 0.15) is 39.7 Å². The third kappa shape index (κ3) is 5.86. The highest BCUT2D eigenvalue weighted by atomic mass is 35.5. The second-order valence-electron chi connectivity index (χ2n) is 5.81. The van der Waals surface area contributed by atoms with Crippen LogP contribution in [0.5, 0.6) is 0 Å². The maximum atomic E-state index is 6.42. The molecule has 0 radical (unpaired) electrons. The molecule has 0 saturated heterocycles. The molecule has 1 aromatic heterocycles. The molecule has 1 rings (SSSR count). The first-order valence-electron chi connectivity index (χ1n) is 8.21. The topological polar surface area (TPSA) is 24.9 Å². The predicted molar refractivity (Wildman–Crippen MR) is 107 cm³/mol. The highest BCUT2D eigenvalue weighted by Crippen LogP contribution is 2.31. The predicted octanol–water partition coefficient (Wildman–Crippen LogP) is 6.30. The molecule has 0 saturated carbocycles. The van der Waals surface area contributed by atoms with Crippen LogP contribution < -0.4 is 5.32 Å². The Labute approximate surface area is 151 Å². The van der Waals surface area contributed by atoms with Gasteiger partial charge in [-0.2, -0.15) is 0 Å². The van der Waals surface area contributed by atoms with E-state index in [4.69, 9.17) is 11.6 Å². The van der Waals surface area contributed by atoms with Gasteiger partial charge < -0.3 is 5.32 Å². The molecule has 128 valence electrons. The summed E-state index contributed by atoms with van der Waals surface area (Å²) in [4.78, 5) is 4.10. The Balaban J connectivity index is 3.68. The lowest BCUT2D eigenvalue weighted by atomic mass is 9.91. The lowest BCUT2D eigenvalue weighted by Gasteiger charge is -2.19. The van der Waals surface area contributed by atoms with Crippen LogP contribution in [0.3, 0.4) is 0 Å². The third-order valence-electron chi connectivity index (χ3n) is 3.34. The normalized spacial score (nSPS) is 13.7. The van der Waals surface area contributed by atoms with E-state index in [9.17, 15) is 0 Å². The molecule has 24 heavy (non-hydrogen) atoms. The summed E-state index contributed by atoms with van der Waals surface area (Å²) in [6.07, 6.45) is 16.2. The van der Waals surface area contributed by atoms with Gasteiger partial charge in [-0.25, -0.2) is 0 Å². The summed E-state index contributed by atoms with van der Waals surface area (Å²) in [5.41, 5.74) is 4.27. The zero-order valence-electron chi connectivity index (χ0n) is 15.0. The van der Waals surface area contributed by atoms with Crippen molar-refractivity contribution >= 4 is 17.3 Å². The van der Waals surface area contributed by atoms with Crippen molar-refractivity contribution < 1.29 is 0 Å². The van der Waals surface area contributed by atoms with E-state index in [0.717, 1.165) is 23.3 Å². The molecule has 0 fully saturated rings. The van der Waals surface area contributed by atoms with Crippen LogP contribution >= 0.6 is 11.6 Å². The SMILES string of the molecule is C=C/C=C(\C=C/C)C(/CC(C)C)=C(/N/C=C/C)c1ccncc1Cl. The van der Waals surface area contributed by atoms with Gasteiger partial charge in [-0.1, -0.05) is 62.4 Å². The number of hydrogen-bond acceptors (Lipinski definition) is 2. The first-order valence-corrected chi connectivity index (χ1v) is 8.59. The van der Waals surface area contributed by atoms with Crippen LogP contribution in [0.4, 0.5) is 0 Å². The summed E-state index contributed by atoms with van der Waals surface area (Å²) in [5.74, 6) is 0.501.